The Morgan fingerprint density at radius 2 is 2.11 bits per heavy atom. The van der Waals surface area contributed by atoms with Crippen LogP contribution in [-0.4, -0.2) is 24.2 Å². The first-order valence-corrected chi connectivity index (χ1v) is 6.30. The van der Waals surface area contributed by atoms with Gasteiger partial charge in [-0.05, 0) is 24.1 Å². The van der Waals surface area contributed by atoms with Crippen molar-refractivity contribution < 1.29 is 23.1 Å². The second-order valence-electron chi connectivity index (χ2n) is 4.19. The molecule has 7 heteroatoms. The zero-order chi connectivity index (χ0) is 14.6. The van der Waals surface area contributed by atoms with E-state index >= 15 is 0 Å². The van der Waals surface area contributed by atoms with E-state index in [1.165, 1.54) is 12.1 Å². The van der Waals surface area contributed by atoms with Gasteiger partial charge >= 0.3 is 6.18 Å². The van der Waals surface area contributed by atoms with Crippen molar-refractivity contribution in [1.82, 2.24) is 5.32 Å². The Bertz CT molecular complexity index is 463. The summed E-state index contributed by atoms with van der Waals surface area (Å²) in [5.74, 6) is -0.750. The molecule has 0 fully saturated rings. The predicted octanol–water partition coefficient (Wildman–Crippen LogP) is 2.83. The highest BCUT2D eigenvalue weighted by Crippen LogP contribution is 2.35. The van der Waals surface area contributed by atoms with Crippen molar-refractivity contribution in [1.29, 1.82) is 0 Å². The van der Waals surface area contributed by atoms with Crippen LogP contribution >= 0.6 is 15.9 Å². The van der Waals surface area contributed by atoms with Crippen LogP contribution in [0.15, 0.2) is 22.7 Å². The smallest absolute Gasteiger partial charge is 0.396 e. The molecule has 0 bridgehead atoms. The van der Waals surface area contributed by atoms with Gasteiger partial charge in [0, 0.05) is 23.2 Å². The Labute approximate surface area is 116 Å². The number of carbonyl (C=O) groups excluding carboxylic acids is 1. The van der Waals surface area contributed by atoms with E-state index in [1.807, 2.05) is 0 Å². The summed E-state index contributed by atoms with van der Waals surface area (Å²) in [6.07, 6.45) is -4.52. The molecule has 0 radical (unpaired) electrons. The molecule has 0 aliphatic rings. The molecule has 0 saturated carbocycles. The Morgan fingerprint density at radius 3 is 2.63 bits per heavy atom. The van der Waals surface area contributed by atoms with Gasteiger partial charge in [-0.3, -0.25) is 4.79 Å². The number of hydrogen-bond donors (Lipinski definition) is 2. The van der Waals surface area contributed by atoms with Crippen LogP contribution in [0.1, 0.15) is 22.8 Å². The Hall–Kier alpha value is -1.08. The number of halogens is 4. The molecule has 0 heterocycles. The minimum Gasteiger partial charge on any atom is -0.396 e. The predicted molar refractivity (Wildman–Crippen MR) is 67.7 cm³/mol. The van der Waals surface area contributed by atoms with Crippen molar-refractivity contribution >= 4 is 21.8 Å². The Balaban J connectivity index is 2.87. The van der Waals surface area contributed by atoms with E-state index in [9.17, 15) is 18.0 Å². The quantitative estimate of drug-likeness (QED) is 0.886. The lowest BCUT2D eigenvalue weighted by atomic mass is 10.1. The van der Waals surface area contributed by atoms with Gasteiger partial charge in [-0.1, -0.05) is 22.9 Å². The molecule has 0 saturated heterocycles. The van der Waals surface area contributed by atoms with Crippen LogP contribution in [0.3, 0.4) is 0 Å². The maximum Gasteiger partial charge on any atom is 0.417 e. The van der Waals surface area contributed by atoms with Gasteiger partial charge in [0.2, 0.25) is 0 Å². The number of aliphatic hydroxyl groups is 1. The molecule has 0 aromatic heterocycles. The molecule has 0 aliphatic heterocycles. The van der Waals surface area contributed by atoms with Crippen molar-refractivity contribution in [2.75, 3.05) is 13.2 Å². The topological polar surface area (TPSA) is 49.3 Å². The number of amides is 1. The van der Waals surface area contributed by atoms with Gasteiger partial charge in [0.15, 0.2) is 0 Å². The Kier molecular flexibility index (Phi) is 5.37. The summed E-state index contributed by atoms with van der Waals surface area (Å²) in [5, 5.41) is 11.3. The second kappa shape index (κ2) is 6.38. The van der Waals surface area contributed by atoms with Gasteiger partial charge < -0.3 is 10.4 Å². The first kappa shape index (κ1) is 16.0. The third-order valence-electron chi connectivity index (χ3n) is 2.46. The molecule has 1 atom stereocenters. The number of alkyl halides is 3. The van der Waals surface area contributed by atoms with E-state index in [2.05, 4.69) is 21.2 Å². The second-order valence-corrected chi connectivity index (χ2v) is 5.04. The van der Waals surface area contributed by atoms with E-state index in [1.54, 1.807) is 6.92 Å². The van der Waals surface area contributed by atoms with Crippen molar-refractivity contribution in [2.45, 2.75) is 13.1 Å². The molecular weight excluding hydrogens is 327 g/mol. The number of aliphatic hydroxyl groups excluding tert-OH is 1. The van der Waals surface area contributed by atoms with Gasteiger partial charge in [0.05, 0.1) is 5.56 Å². The highest BCUT2D eigenvalue weighted by atomic mass is 79.9. The maximum atomic E-state index is 12.7. The molecule has 0 aliphatic carbocycles. The molecule has 1 aromatic carbocycles. The van der Waals surface area contributed by atoms with Crippen LogP contribution in [-0.2, 0) is 6.18 Å². The lowest BCUT2D eigenvalue weighted by Gasteiger charge is -2.12. The lowest BCUT2D eigenvalue weighted by molar-refractivity contribution is -0.138. The van der Waals surface area contributed by atoms with Gasteiger partial charge in [-0.2, -0.15) is 13.2 Å². The fourth-order valence-corrected chi connectivity index (χ4v) is 1.79. The Morgan fingerprint density at radius 1 is 1.47 bits per heavy atom. The zero-order valence-electron chi connectivity index (χ0n) is 10.1. The summed E-state index contributed by atoms with van der Waals surface area (Å²) in [5.41, 5.74) is -0.962. The highest BCUT2D eigenvalue weighted by Gasteiger charge is 2.33. The van der Waals surface area contributed by atoms with Gasteiger partial charge in [0.1, 0.15) is 0 Å². The molecule has 1 amide bonds. The highest BCUT2D eigenvalue weighted by molar-refractivity contribution is 9.10. The number of benzene rings is 1. The summed E-state index contributed by atoms with van der Waals surface area (Å²) >= 11 is 2.80. The van der Waals surface area contributed by atoms with Gasteiger partial charge in [-0.15, -0.1) is 0 Å². The average molecular weight is 340 g/mol. The molecule has 1 rings (SSSR count). The van der Waals surface area contributed by atoms with Crippen LogP contribution in [0.5, 0.6) is 0 Å². The van der Waals surface area contributed by atoms with Crippen LogP contribution in [0.25, 0.3) is 0 Å². The molecule has 19 heavy (non-hydrogen) atoms. The number of carbonyl (C=O) groups is 1. The zero-order valence-corrected chi connectivity index (χ0v) is 11.7. The largest absolute Gasteiger partial charge is 0.417 e. The van der Waals surface area contributed by atoms with E-state index in [0.717, 1.165) is 6.07 Å². The minimum absolute atomic E-state index is 0.0688. The molecule has 3 nitrogen and oxygen atoms in total. The SMILES string of the molecule is CC(CO)CNC(=O)c1ccc(Br)c(C(F)(F)F)c1. The van der Waals surface area contributed by atoms with Crippen LogP contribution in [0.4, 0.5) is 13.2 Å². The fourth-order valence-electron chi connectivity index (χ4n) is 1.32. The normalized spacial score (nSPS) is 13.2. The summed E-state index contributed by atoms with van der Waals surface area (Å²) in [6, 6.07) is 3.29. The molecule has 1 aromatic rings. The van der Waals surface area contributed by atoms with Crippen LogP contribution in [0, 0.1) is 5.92 Å². The fraction of sp³-hybridized carbons (Fsp3) is 0.417. The first-order chi connectivity index (χ1) is 8.75. The summed E-state index contributed by atoms with van der Waals surface area (Å²) in [7, 11) is 0. The average Bonchev–Trinajstić information content (AvgIpc) is 2.34. The molecule has 1 unspecified atom stereocenters. The van der Waals surface area contributed by atoms with E-state index < -0.39 is 17.6 Å². The molecule has 0 spiro atoms. The van der Waals surface area contributed by atoms with E-state index in [-0.39, 0.29) is 29.1 Å². The third kappa shape index (κ3) is 4.50. The van der Waals surface area contributed by atoms with E-state index in [4.69, 9.17) is 5.11 Å². The van der Waals surface area contributed by atoms with Crippen molar-refractivity contribution in [2.24, 2.45) is 5.92 Å². The summed E-state index contributed by atoms with van der Waals surface area (Å²) in [4.78, 5) is 11.7. The van der Waals surface area contributed by atoms with E-state index in [0.29, 0.717) is 0 Å². The monoisotopic (exact) mass is 339 g/mol. The van der Waals surface area contributed by atoms with Gasteiger partial charge in [-0.25, -0.2) is 0 Å². The van der Waals surface area contributed by atoms with Crippen LogP contribution in [0.2, 0.25) is 0 Å². The van der Waals surface area contributed by atoms with Gasteiger partial charge in [0.25, 0.3) is 5.91 Å². The molecule has 2 N–H and O–H groups in total. The molecular formula is C12H13BrF3NO2. The number of rotatable bonds is 4. The van der Waals surface area contributed by atoms with Crippen molar-refractivity contribution in [3.8, 4) is 0 Å². The lowest BCUT2D eigenvalue weighted by Crippen LogP contribution is -2.29. The van der Waals surface area contributed by atoms with Crippen molar-refractivity contribution in [3.05, 3.63) is 33.8 Å². The maximum absolute atomic E-state index is 12.7. The third-order valence-corrected chi connectivity index (χ3v) is 3.15. The minimum atomic E-state index is -4.52. The van der Waals surface area contributed by atoms with Crippen LogP contribution < -0.4 is 5.32 Å². The number of hydrogen-bond acceptors (Lipinski definition) is 2. The molecule has 106 valence electrons. The number of nitrogens with one attached hydrogen (secondary N) is 1. The summed E-state index contributed by atoms with van der Waals surface area (Å²) < 4.78 is 37.9. The standard InChI is InChI=1S/C12H13BrF3NO2/c1-7(6-18)5-17-11(19)8-2-3-10(13)9(4-8)12(14,15)16/h2-4,7,18H,5-6H2,1H3,(H,17,19). The first-order valence-electron chi connectivity index (χ1n) is 5.51. The summed E-state index contributed by atoms with van der Waals surface area (Å²) in [6.45, 7) is 1.81. The van der Waals surface area contributed by atoms with Crippen molar-refractivity contribution in [3.63, 3.8) is 0 Å².